The Morgan fingerprint density at radius 2 is 1.85 bits per heavy atom. The highest BCUT2D eigenvalue weighted by atomic mass is 16.5. The van der Waals surface area contributed by atoms with Crippen LogP contribution in [-0.2, 0) is 0 Å². The van der Waals surface area contributed by atoms with E-state index in [1.807, 2.05) is 49.3 Å². The topological polar surface area (TPSA) is 91.5 Å². The van der Waals surface area contributed by atoms with Gasteiger partial charge in [0.05, 0.1) is 6.61 Å². The molecule has 0 bridgehead atoms. The van der Waals surface area contributed by atoms with Gasteiger partial charge in [-0.2, -0.15) is 4.98 Å². The highest BCUT2D eigenvalue weighted by Crippen LogP contribution is 2.21. The van der Waals surface area contributed by atoms with E-state index in [2.05, 4.69) is 15.5 Å². The van der Waals surface area contributed by atoms with Crippen LogP contribution in [0.25, 0.3) is 11.4 Å². The van der Waals surface area contributed by atoms with E-state index in [4.69, 9.17) is 4.52 Å². The molecule has 2 aromatic carbocycles. The maximum Gasteiger partial charge on any atom is 0.251 e. The van der Waals surface area contributed by atoms with Crippen molar-refractivity contribution in [2.24, 2.45) is 0 Å². The lowest BCUT2D eigenvalue weighted by atomic mass is 10.2. The lowest BCUT2D eigenvalue weighted by Crippen LogP contribution is -2.31. The van der Waals surface area contributed by atoms with E-state index in [1.54, 1.807) is 24.3 Å². The minimum Gasteiger partial charge on any atom is -0.394 e. The number of aliphatic hydroxyl groups excluding tert-OH is 1. The van der Waals surface area contributed by atoms with Crippen LogP contribution in [-0.4, -0.2) is 41.9 Å². The summed E-state index contributed by atoms with van der Waals surface area (Å²) in [6.45, 7) is -0.347. The van der Waals surface area contributed by atoms with E-state index in [1.165, 1.54) is 0 Å². The van der Waals surface area contributed by atoms with E-state index in [0.29, 0.717) is 11.4 Å². The molecule has 3 aromatic rings. The summed E-state index contributed by atoms with van der Waals surface area (Å²) >= 11 is 0. The third kappa shape index (κ3) is 3.89. The normalized spacial score (nSPS) is 11.8. The first kappa shape index (κ1) is 17.6. The Labute approximate surface area is 151 Å². The Bertz CT molecular complexity index is 860. The first-order valence-corrected chi connectivity index (χ1v) is 8.16. The molecule has 1 atom stereocenters. The molecule has 0 unspecified atom stereocenters. The largest absolute Gasteiger partial charge is 0.394 e. The Hall–Kier alpha value is -3.19. The van der Waals surface area contributed by atoms with E-state index >= 15 is 0 Å². The predicted octanol–water partition coefficient (Wildman–Crippen LogP) is 2.27. The van der Waals surface area contributed by atoms with E-state index in [9.17, 15) is 9.90 Å². The summed E-state index contributed by atoms with van der Waals surface area (Å²) in [7, 11) is 3.92. The molecule has 7 nitrogen and oxygen atoms in total. The Morgan fingerprint density at radius 3 is 2.46 bits per heavy atom. The molecule has 0 aliphatic heterocycles. The molecular formula is C19H20N4O3. The minimum absolute atomic E-state index is 0.156. The number of anilines is 1. The van der Waals surface area contributed by atoms with Crippen LogP contribution >= 0.6 is 0 Å². The SMILES string of the molecule is CN(C)c1ccc(-c2noc([C@H](CO)NC(=O)c3ccccc3)n2)cc1. The van der Waals surface area contributed by atoms with Crippen molar-refractivity contribution in [3.8, 4) is 11.4 Å². The van der Waals surface area contributed by atoms with Crippen LogP contribution in [0.3, 0.4) is 0 Å². The van der Waals surface area contributed by atoms with Gasteiger partial charge in [-0.3, -0.25) is 4.79 Å². The summed E-state index contributed by atoms with van der Waals surface area (Å²) in [5.41, 5.74) is 2.34. The molecule has 0 aliphatic rings. The van der Waals surface area contributed by atoms with Gasteiger partial charge < -0.3 is 19.8 Å². The number of hydrogen-bond donors (Lipinski definition) is 2. The number of amides is 1. The lowest BCUT2D eigenvalue weighted by molar-refractivity contribution is 0.0901. The van der Waals surface area contributed by atoms with Gasteiger partial charge in [0.15, 0.2) is 0 Å². The second-order valence-corrected chi connectivity index (χ2v) is 5.97. The van der Waals surface area contributed by atoms with Crippen LogP contribution < -0.4 is 10.2 Å². The van der Waals surface area contributed by atoms with Gasteiger partial charge in [-0.05, 0) is 36.4 Å². The number of carbonyl (C=O) groups is 1. The van der Waals surface area contributed by atoms with Crippen molar-refractivity contribution in [3.05, 3.63) is 66.1 Å². The zero-order valence-electron chi connectivity index (χ0n) is 14.6. The van der Waals surface area contributed by atoms with Crippen molar-refractivity contribution in [2.45, 2.75) is 6.04 Å². The third-order valence-electron chi connectivity index (χ3n) is 3.91. The van der Waals surface area contributed by atoms with Gasteiger partial charge >= 0.3 is 0 Å². The molecule has 0 fully saturated rings. The molecule has 0 radical (unpaired) electrons. The summed E-state index contributed by atoms with van der Waals surface area (Å²) in [5, 5.41) is 16.2. The molecule has 0 saturated heterocycles. The van der Waals surface area contributed by atoms with Gasteiger partial charge in [0.2, 0.25) is 5.82 Å². The number of aromatic nitrogens is 2. The first-order chi connectivity index (χ1) is 12.6. The molecule has 0 spiro atoms. The van der Waals surface area contributed by atoms with Gasteiger partial charge in [-0.25, -0.2) is 0 Å². The van der Waals surface area contributed by atoms with Crippen LogP contribution in [0.5, 0.6) is 0 Å². The van der Waals surface area contributed by atoms with Crippen molar-refractivity contribution in [2.75, 3.05) is 25.6 Å². The van der Waals surface area contributed by atoms with Crippen LogP contribution in [0, 0.1) is 0 Å². The van der Waals surface area contributed by atoms with Crippen molar-refractivity contribution < 1.29 is 14.4 Å². The highest BCUT2D eigenvalue weighted by molar-refractivity contribution is 5.94. The predicted molar refractivity (Wildman–Crippen MR) is 97.8 cm³/mol. The van der Waals surface area contributed by atoms with Gasteiger partial charge in [0.1, 0.15) is 6.04 Å². The minimum atomic E-state index is -0.773. The fourth-order valence-electron chi connectivity index (χ4n) is 2.42. The van der Waals surface area contributed by atoms with Gasteiger partial charge in [0.25, 0.3) is 11.8 Å². The first-order valence-electron chi connectivity index (χ1n) is 8.16. The second-order valence-electron chi connectivity index (χ2n) is 5.97. The van der Waals surface area contributed by atoms with Crippen LogP contribution in [0.15, 0.2) is 59.1 Å². The molecule has 0 aliphatic carbocycles. The number of carbonyl (C=O) groups excluding carboxylic acids is 1. The van der Waals surface area contributed by atoms with Gasteiger partial charge in [-0.1, -0.05) is 23.4 Å². The molecular weight excluding hydrogens is 332 g/mol. The second kappa shape index (κ2) is 7.79. The summed E-state index contributed by atoms with van der Waals surface area (Å²) in [5.74, 6) is 0.237. The Balaban J connectivity index is 1.75. The van der Waals surface area contributed by atoms with E-state index < -0.39 is 6.04 Å². The number of aliphatic hydroxyl groups is 1. The molecule has 1 amide bonds. The molecule has 2 N–H and O–H groups in total. The van der Waals surface area contributed by atoms with Crippen molar-refractivity contribution in [1.29, 1.82) is 0 Å². The van der Waals surface area contributed by atoms with Crippen molar-refractivity contribution in [3.63, 3.8) is 0 Å². The maximum absolute atomic E-state index is 12.2. The summed E-state index contributed by atoms with van der Waals surface area (Å²) in [6, 6.07) is 15.6. The van der Waals surface area contributed by atoms with E-state index in [0.717, 1.165) is 11.3 Å². The fraction of sp³-hybridized carbons (Fsp3) is 0.211. The molecule has 134 valence electrons. The number of nitrogens with zero attached hydrogens (tertiary/aromatic N) is 3. The average Bonchev–Trinajstić information content (AvgIpc) is 3.16. The monoisotopic (exact) mass is 352 g/mol. The number of hydrogen-bond acceptors (Lipinski definition) is 6. The molecule has 1 aromatic heterocycles. The summed E-state index contributed by atoms with van der Waals surface area (Å²) in [4.78, 5) is 18.5. The highest BCUT2D eigenvalue weighted by Gasteiger charge is 2.21. The van der Waals surface area contributed by atoms with Crippen LogP contribution in [0.2, 0.25) is 0 Å². The fourth-order valence-corrected chi connectivity index (χ4v) is 2.42. The van der Waals surface area contributed by atoms with Crippen LogP contribution in [0.4, 0.5) is 5.69 Å². The Morgan fingerprint density at radius 1 is 1.15 bits per heavy atom. The summed E-state index contributed by atoms with van der Waals surface area (Å²) in [6.07, 6.45) is 0. The molecule has 26 heavy (non-hydrogen) atoms. The maximum atomic E-state index is 12.2. The van der Waals surface area contributed by atoms with Gasteiger partial charge in [0, 0.05) is 30.9 Å². The zero-order valence-corrected chi connectivity index (χ0v) is 14.6. The standard InChI is InChI=1S/C19H20N4O3/c1-23(2)15-10-8-13(9-11-15)17-21-19(26-22-17)16(12-24)20-18(25)14-6-4-3-5-7-14/h3-11,16,24H,12H2,1-2H3,(H,20,25)/t16-/m0/s1. The number of rotatable bonds is 6. The average molecular weight is 352 g/mol. The third-order valence-corrected chi connectivity index (χ3v) is 3.91. The molecule has 0 saturated carbocycles. The molecule has 1 heterocycles. The van der Waals surface area contributed by atoms with Crippen molar-refractivity contribution >= 4 is 11.6 Å². The van der Waals surface area contributed by atoms with Crippen LogP contribution in [0.1, 0.15) is 22.3 Å². The van der Waals surface area contributed by atoms with E-state index in [-0.39, 0.29) is 18.4 Å². The lowest BCUT2D eigenvalue weighted by Gasteiger charge is -2.12. The Kier molecular flexibility index (Phi) is 5.28. The van der Waals surface area contributed by atoms with Gasteiger partial charge in [-0.15, -0.1) is 0 Å². The smallest absolute Gasteiger partial charge is 0.251 e. The number of benzene rings is 2. The quantitative estimate of drug-likeness (QED) is 0.707. The molecule has 7 heteroatoms. The molecule has 3 rings (SSSR count). The van der Waals surface area contributed by atoms with Crippen molar-refractivity contribution in [1.82, 2.24) is 15.5 Å². The number of nitrogens with one attached hydrogen (secondary N) is 1. The summed E-state index contributed by atoms with van der Waals surface area (Å²) < 4.78 is 5.24. The zero-order chi connectivity index (χ0) is 18.5.